The molecule has 0 saturated heterocycles. The number of aromatic nitrogens is 1. The average Bonchev–Trinajstić information content (AvgIpc) is 2.56. The van der Waals surface area contributed by atoms with Gasteiger partial charge in [-0.15, -0.1) is 0 Å². The number of anilines is 3. The molecule has 0 amide bonds. The fourth-order valence-electron chi connectivity index (χ4n) is 3.14. The highest BCUT2D eigenvalue weighted by molar-refractivity contribution is 5.68. The van der Waals surface area contributed by atoms with Gasteiger partial charge in [-0.05, 0) is 24.0 Å². The van der Waals surface area contributed by atoms with Crippen LogP contribution in [0.1, 0.15) is 56.9 Å². The molecular weight excluding hydrogens is 250 g/mol. The van der Waals surface area contributed by atoms with Crippen molar-refractivity contribution in [1.82, 2.24) is 4.98 Å². The van der Waals surface area contributed by atoms with Gasteiger partial charge < -0.3 is 16.9 Å². The second kappa shape index (κ2) is 7.33. The summed E-state index contributed by atoms with van der Waals surface area (Å²) < 4.78 is 0. The second-order valence-corrected chi connectivity index (χ2v) is 5.88. The van der Waals surface area contributed by atoms with E-state index in [-0.39, 0.29) is 0 Å². The Bertz CT molecular complexity index is 423. The fourth-order valence-corrected chi connectivity index (χ4v) is 3.14. The van der Waals surface area contributed by atoms with Crippen LogP contribution < -0.4 is 22.7 Å². The van der Waals surface area contributed by atoms with Gasteiger partial charge in [0.25, 0.3) is 0 Å². The number of nitrogen functional groups attached to an aromatic ring is 3. The molecular formula is C15H27N5. The standard InChI is InChI=1S/C15H27N5/c16-13-10-12(14(17)15(19-13)20-18)9-11-7-5-3-1-2-4-6-8-11/h10-11H,1-9,17-18H2,(H3,16,19,20). The maximum absolute atomic E-state index is 6.12. The molecule has 2 rings (SSSR count). The third-order valence-corrected chi connectivity index (χ3v) is 4.28. The maximum Gasteiger partial charge on any atom is 0.165 e. The molecule has 1 aromatic rings. The molecule has 5 nitrogen and oxygen atoms in total. The van der Waals surface area contributed by atoms with E-state index in [9.17, 15) is 0 Å². The minimum absolute atomic E-state index is 0.477. The van der Waals surface area contributed by atoms with Gasteiger partial charge in [0, 0.05) is 0 Å². The van der Waals surface area contributed by atoms with Gasteiger partial charge in [0.05, 0.1) is 5.69 Å². The summed E-state index contributed by atoms with van der Waals surface area (Å²) in [5, 5.41) is 0. The Hall–Kier alpha value is -1.49. The number of rotatable bonds is 3. The number of nitrogens with two attached hydrogens (primary N) is 3. The molecule has 7 N–H and O–H groups in total. The number of nitrogens with zero attached hydrogens (tertiary/aromatic N) is 1. The lowest BCUT2D eigenvalue weighted by Gasteiger charge is -2.18. The van der Waals surface area contributed by atoms with Crippen LogP contribution in [-0.4, -0.2) is 4.98 Å². The van der Waals surface area contributed by atoms with E-state index in [1.54, 1.807) is 0 Å². The number of pyridine rings is 1. The molecule has 0 atom stereocenters. The summed E-state index contributed by atoms with van der Waals surface area (Å²) in [5.41, 5.74) is 16.2. The molecule has 1 saturated carbocycles. The highest BCUT2D eigenvalue weighted by atomic mass is 15.3. The van der Waals surface area contributed by atoms with Crippen LogP contribution in [0, 0.1) is 5.92 Å². The zero-order valence-electron chi connectivity index (χ0n) is 12.2. The van der Waals surface area contributed by atoms with Crippen LogP contribution in [0.2, 0.25) is 0 Å². The van der Waals surface area contributed by atoms with Gasteiger partial charge in [0.15, 0.2) is 5.82 Å². The van der Waals surface area contributed by atoms with E-state index in [4.69, 9.17) is 17.3 Å². The highest BCUT2D eigenvalue weighted by Crippen LogP contribution is 2.29. The van der Waals surface area contributed by atoms with Crippen molar-refractivity contribution < 1.29 is 0 Å². The predicted molar refractivity (Wildman–Crippen MR) is 85.0 cm³/mol. The Morgan fingerprint density at radius 1 is 1.05 bits per heavy atom. The van der Waals surface area contributed by atoms with E-state index in [1.165, 1.54) is 51.4 Å². The van der Waals surface area contributed by atoms with Gasteiger partial charge in [0.1, 0.15) is 5.82 Å². The Morgan fingerprint density at radius 3 is 2.25 bits per heavy atom. The lowest BCUT2D eigenvalue weighted by Crippen LogP contribution is -2.15. The highest BCUT2D eigenvalue weighted by Gasteiger charge is 2.15. The van der Waals surface area contributed by atoms with E-state index in [0.717, 1.165) is 12.0 Å². The quantitative estimate of drug-likeness (QED) is 0.502. The minimum Gasteiger partial charge on any atom is -0.395 e. The molecule has 0 bridgehead atoms. The van der Waals surface area contributed by atoms with Crippen LogP contribution in [0.25, 0.3) is 0 Å². The third kappa shape index (κ3) is 4.00. The summed E-state index contributed by atoms with van der Waals surface area (Å²) in [7, 11) is 0. The Labute approximate surface area is 121 Å². The van der Waals surface area contributed by atoms with Gasteiger partial charge >= 0.3 is 0 Å². The molecule has 0 unspecified atom stereocenters. The molecule has 1 aliphatic rings. The lowest BCUT2D eigenvalue weighted by atomic mass is 9.90. The zero-order valence-corrected chi connectivity index (χ0v) is 12.2. The van der Waals surface area contributed by atoms with Crippen molar-refractivity contribution in [2.24, 2.45) is 11.8 Å². The molecule has 0 aromatic carbocycles. The van der Waals surface area contributed by atoms with Gasteiger partial charge in [-0.2, -0.15) is 0 Å². The molecule has 20 heavy (non-hydrogen) atoms. The third-order valence-electron chi connectivity index (χ3n) is 4.28. The first-order valence-corrected chi connectivity index (χ1v) is 7.72. The van der Waals surface area contributed by atoms with E-state index in [0.29, 0.717) is 23.2 Å². The van der Waals surface area contributed by atoms with Crippen molar-refractivity contribution in [3.05, 3.63) is 11.6 Å². The summed E-state index contributed by atoms with van der Waals surface area (Å²) in [4.78, 5) is 4.11. The molecule has 0 aliphatic heterocycles. The molecule has 1 aromatic heterocycles. The monoisotopic (exact) mass is 277 g/mol. The molecule has 1 aliphatic carbocycles. The second-order valence-electron chi connectivity index (χ2n) is 5.88. The first-order valence-electron chi connectivity index (χ1n) is 7.72. The van der Waals surface area contributed by atoms with Crippen molar-refractivity contribution in [2.75, 3.05) is 16.9 Å². The number of hydrazine groups is 1. The van der Waals surface area contributed by atoms with Crippen LogP contribution in [0.4, 0.5) is 17.3 Å². The lowest BCUT2D eigenvalue weighted by molar-refractivity contribution is 0.426. The smallest absolute Gasteiger partial charge is 0.165 e. The molecule has 0 radical (unpaired) electrons. The maximum atomic E-state index is 6.12. The summed E-state index contributed by atoms with van der Waals surface area (Å²) in [5.74, 6) is 7.10. The first-order chi connectivity index (χ1) is 9.70. The Morgan fingerprint density at radius 2 is 1.65 bits per heavy atom. The normalized spacial score (nSPS) is 18.1. The van der Waals surface area contributed by atoms with E-state index < -0.39 is 0 Å². The molecule has 0 spiro atoms. The minimum atomic E-state index is 0.477. The average molecular weight is 277 g/mol. The van der Waals surface area contributed by atoms with Crippen molar-refractivity contribution in [2.45, 2.75) is 57.8 Å². The molecule has 5 heteroatoms. The number of hydrogen-bond donors (Lipinski definition) is 4. The van der Waals surface area contributed by atoms with Crippen molar-refractivity contribution in [1.29, 1.82) is 0 Å². The topological polar surface area (TPSA) is 103 Å². The first kappa shape index (κ1) is 14.9. The van der Waals surface area contributed by atoms with Gasteiger partial charge in [-0.3, -0.25) is 0 Å². The van der Waals surface area contributed by atoms with Crippen LogP contribution in [-0.2, 0) is 6.42 Å². The van der Waals surface area contributed by atoms with E-state index >= 15 is 0 Å². The van der Waals surface area contributed by atoms with Crippen molar-refractivity contribution >= 4 is 17.3 Å². The van der Waals surface area contributed by atoms with E-state index in [1.807, 2.05) is 6.07 Å². The number of nitrogens with one attached hydrogen (secondary N) is 1. The SMILES string of the molecule is NNc1nc(N)cc(CC2CCCCCCCC2)c1N. The molecule has 1 fully saturated rings. The van der Waals surface area contributed by atoms with Gasteiger partial charge in [0.2, 0.25) is 0 Å². The van der Waals surface area contributed by atoms with Crippen LogP contribution in [0.3, 0.4) is 0 Å². The van der Waals surface area contributed by atoms with Gasteiger partial charge in [-0.1, -0.05) is 51.4 Å². The Balaban J connectivity index is 2.08. The fraction of sp³-hybridized carbons (Fsp3) is 0.667. The largest absolute Gasteiger partial charge is 0.395 e. The van der Waals surface area contributed by atoms with Crippen LogP contribution >= 0.6 is 0 Å². The van der Waals surface area contributed by atoms with Crippen molar-refractivity contribution in [3.63, 3.8) is 0 Å². The summed E-state index contributed by atoms with van der Waals surface area (Å²) in [6, 6.07) is 1.89. The predicted octanol–water partition coefficient (Wildman–Crippen LogP) is 2.82. The van der Waals surface area contributed by atoms with E-state index in [2.05, 4.69) is 10.4 Å². The summed E-state index contributed by atoms with van der Waals surface area (Å²) in [6.45, 7) is 0. The summed E-state index contributed by atoms with van der Waals surface area (Å²) >= 11 is 0. The molecule has 1 heterocycles. The van der Waals surface area contributed by atoms with Crippen LogP contribution in [0.5, 0.6) is 0 Å². The van der Waals surface area contributed by atoms with Crippen LogP contribution in [0.15, 0.2) is 6.07 Å². The summed E-state index contributed by atoms with van der Waals surface area (Å²) in [6.07, 6.45) is 11.7. The Kier molecular flexibility index (Phi) is 5.47. The number of hydrogen-bond acceptors (Lipinski definition) is 5. The van der Waals surface area contributed by atoms with Crippen molar-refractivity contribution in [3.8, 4) is 0 Å². The van der Waals surface area contributed by atoms with Gasteiger partial charge in [-0.25, -0.2) is 10.8 Å². The zero-order chi connectivity index (χ0) is 14.4. The molecule has 112 valence electrons.